The molecule has 0 saturated carbocycles. The molecule has 0 aromatic rings. The Morgan fingerprint density at radius 2 is 2.05 bits per heavy atom. The third-order valence-corrected chi connectivity index (χ3v) is 4.38. The van der Waals surface area contributed by atoms with E-state index in [0.29, 0.717) is 33.4 Å². The Balaban J connectivity index is 1.52. The van der Waals surface area contributed by atoms with E-state index in [1.807, 2.05) is 0 Å². The molecule has 114 valence electrons. The molecule has 4 saturated heterocycles. The molecule has 0 aliphatic carbocycles. The summed E-state index contributed by atoms with van der Waals surface area (Å²) in [7, 11) is 0. The zero-order chi connectivity index (χ0) is 13.4. The monoisotopic (exact) mass is 286 g/mol. The van der Waals surface area contributed by atoms with Crippen molar-refractivity contribution in [2.24, 2.45) is 0 Å². The lowest BCUT2D eigenvalue weighted by molar-refractivity contribution is -0.0948. The summed E-state index contributed by atoms with van der Waals surface area (Å²) >= 11 is 0. The van der Waals surface area contributed by atoms with Crippen LogP contribution in [0.4, 0.5) is 0 Å². The molecule has 8 nitrogen and oxygen atoms in total. The van der Waals surface area contributed by atoms with Crippen molar-refractivity contribution in [2.45, 2.75) is 24.7 Å². The van der Waals surface area contributed by atoms with E-state index in [4.69, 9.17) is 18.9 Å². The van der Waals surface area contributed by atoms with Crippen molar-refractivity contribution in [1.29, 1.82) is 0 Å². The van der Waals surface area contributed by atoms with Crippen LogP contribution >= 0.6 is 0 Å². The van der Waals surface area contributed by atoms with Crippen LogP contribution in [0.3, 0.4) is 0 Å². The standard InChI is InChI=1S/C12H22N4O4/c1-2-17-8-15(1)11-5-19-12(9-3-13-6-20-9)16(11)10-4-18-7-14-10/h9-14H,1-8H2. The highest BCUT2D eigenvalue weighted by Crippen LogP contribution is 2.28. The quantitative estimate of drug-likeness (QED) is 0.624. The van der Waals surface area contributed by atoms with Crippen LogP contribution in [0.2, 0.25) is 0 Å². The molecule has 4 fully saturated rings. The van der Waals surface area contributed by atoms with Gasteiger partial charge in [-0.25, -0.2) is 4.90 Å². The summed E-state index contributed by atoms with van der Waals surface area (Å²) in [5.74, 6) is 0. The summed E-state index contributed by atoms with van der Waals surface area (Å²) < 4.78 is 22.8. The SMILES string of the molecule is C1CN(C2COC(C3CNCO3)N2C2COCN2)CO1. The maximum absolute atomic E-state index is 6.06. The first-order valence-corrected chi connectivity index (χ1v) is 7.28. The molecule has 0 amide bonds. The Labute approximate surface area is 118 Å². The van der Waals surface area contributed by atoms with Crippen molar-refractivity contribution in [3.63, 3.8) is 0 Å². The van der Waals surface area contributed by atoms with Gasteiger partial charge in [-0.2, -0.15) is 0 Å². The van der Waals surface area contributed by atoms with Crippen LogP contribution in [0.15, 0.2) is 0 Å². The van der Waals surface area contributed by atoms with Crippen LogP contribution in [-0.2, 0) is 18.9 Å². The Morgan fingerprint density at radius 1 is 1.05 bits per heavy atom. The molecule has 4 heterocycles. The molecule has 4 aliphatic rings. The minimum atomic E-state index is -0.0326. The smallest absolute Gasteiger partial charge is 0.141 e. The van der Waals surface area contributed by atoms with Gasteiger partial charge in [0.2, 0.25) is 0 Å². The fraction of sp³-hybridized carbons (Fsp3) is 1.00. The summed E-state index contributed by atoms with van der Waals surface area (Å²) in [6, 6.07) is 0. The fourth-order valence-electron chi connectivity index (χ4n) is 3.35. The van der Waals surface area contributed by atoms with Crippen molar-refractivity contribution in [1.82, 2.24) is 20.4 Å². The minimum Gasteiger partial charge on any atom is -0.365 e. The lowest BCUT2D eigenvalue weighted by Gasteiger charge is -2.37. The molecule has 0 spiro atoms. The number of hydrogen-bond acceptors (Lipinski definition) is 8. The van der Waals surface area contributed by atoms with E-state index in [1.54, 1.807) is 0 Å². The number of rotatable bonds is 3. The van der Waals surface area contributed by atoms with E-state index in [1.165, 1.54) is 0 Å². The highest BCUT2D eigenvalue weighted by Gasteiger charge is 2.47. The van der Waals surface area contributed by atoms with Crippen LogP contribution in [-0.4, -0.2) is 87.6 Å². The largest absolute Gasteiger partial charge is 0.365 e. The lowest BCUT2D eigenvalue weighted by atomic mass is 10.2. The van der Waals surface area contributed by atoms with Gasteiger partial charge < -0.3 is 18.9 Å². The lowest BCUT2D eigenvalue weighted by Crippen LogP contribution is -2.58. The fourth-order valence-corrected chi connectivity index (χ4v) is 3.35. The van der Waals surface area contributed by atoms with Crippen LogP contribution in [0, 0.1) is 0 Å². The van der Waals surface area contributed by atoms with E-state index in [2.05, 4.69) is 20.4 Å². The molecule has 4 unspecified atom stereocenters. The molecular formula is C12H22N4O4. The topological polar surface area (TPSA) is 67.5 Å². The van der Waals surface area contributed by atoms with Crippen molar-refractivity contribution in [2.75, 3.05) is 53.1 Å². The number of nitrogens with one attached hydrogen (secondary N) is 2. The normalized spacial score (nSPS) is 43.8. The average Bonchev–Trinajstić information content (AvgIpc) is 3.23. The highest BCUT2D eigenvalue weighted by atomic mass is 16.6. The van der Waals surface area contributed by atoms with Crippen LogP contribution in [0.25, 0.3) is 0 Å². The second-order valence-electron chi connectivity index (χ2n) is 5.54. The second-order valence-corrected chi connectivity index (χ2v) is 5.54. The van der Waals surface area contributed by atoms with Gasteiger partial charge in [0.15, 0.2) is 0 Å². The molecule has 4 rings (SSSR count). The number of nitrogens with zero attached hydrogens (tertiary/aromatic N) is 2. The predicted octanol–water partition coefficient (Wildman–Crippen LogP) is -1.89. The molecule has 2 N–H and O–H groups in total. The predicted molar refractivity (Wildman–Crippen MR) is 68.4 cm³/mol. The van der Waals surface area contributed by atoms with Gasteiger partial charge in [0.05, 0.1) is 45.6 Å². The Kier molecular flexibility index (Phi) is 3.88. The minimum absolute atomic E-state index is 0.0326. The van der Waals surface area contributed by atoms with E-state index in [-0.39, 0.29) is 24.7 Å². The van der Waals surface area contributed by atoms with Gasteiger partial charge >= 0.3 is 0 Å². The number of ether oxygens (including phenoxy) is 4. The average molecular weight is 286 g/mol. The molecule has 0 aromatic carbocycles. The van der Waals surface area contributed by atoms with Crippen LogP contribution in [0.5, 0.6) is 0 Å². The second kappa shape index (κ2) is 5.82. The van der Waals surface area contributed by atoms with E-state index >= 15 is 0 Å². The summed E-state index contributed by atoms with van der Waals surface area (Å²) in [5, 5.41) is 6.61. The Morgan fingerprint density at radius 3 is 2.75 bits per heavy atom. The van der Waals surface area contributed by atoms with Gasteiger partial charge in [-0.3, -0.25) is 15.5 Å². The third kappa shape index (κ3) is 2.36. The van der Waals surface area contributed by atoms with Gasteiger partial charge in [0, 0.05) is 13.1 Å². The number of hydrogen-bond donors (Lipinski definition) is 2. The molecule has 20 heavy (non-hydrogen) atoms. The highest BCUT2D eigenvalue weighted by molar-refractivity contribution is 4.92. The molecular weight excluding hydrogens is 264 g/mol. The Bertz CT molecular complexity index is 305. The molecule has 8 heteroatoms. The molecule has 4 aliphatic heterocycles. The third-order valence-electron chi connectivity index (χ3n) is 4.38. The first kappa shape index (κ1) is 13.4. The molecule has 0 radical (unpaired) electrons. The van der Waals surface area contributed by atoms with Gasteiger partial charge in [0.1, 0.15) is 19.1 Å². The molecule has 0 bridgehead atoms. The van der Waals surface area contributed by atoms with Crippen molar-refractivity contribution in [3.8, 4) is 0 Å². The maximum Gasteiger partial charge on any atom is 0.141 e. The zero-order valence-corrected chi connectivity index (χ0v) is 11.5. The Hall–Kier alpha value is -0.320. The molecule has 4 atom stereocenters. The molecule has 0 aromatic heterocycles. The van der Waals surface area contributed by atoms with Crippen LogP contribution < -0.4 is 10.6 Å². The van der Waals surface area contributed by atoms with E-state index in [0.717, 1.165) is 19.7 Å². The maximum atomic E-state index is 6.06. The van der Waals surface area contributed by atoms with Gasteiger partial charge in [-0.15, -0.1) is 0 Å². The van der Waals surface area contributed by atoms with Gasteiger partial charge in [-0.1, -0.05) is 0 Å². The first-order valence-electron chi connectivity index (χ1n) is 7.28. The van der Waals surface area contributed by atoms with Gasteiger partial charge in [-0.05, 0) is 0 Å². The summed E-state index contributed by atoms with van der Waals surface area (Å²) in [5.41, 5.74) is 0. The van der Waals surface area contributed by atoms with Crippen molar-refractivity contribution in [3.05, 3.63) is 0 Å². The van der Waals surface area contributed by atoms with E-state index in [9.17, 15) is 0 Å². The zero-order valence-electron chi connectivity index (χ0n) is 11.5. The van der Waals surface area contributed by atoms with Crippen molar-refractivity contribution < 1.29 is 18.9 Å². The summed E-state index contributed by atoms with van der Waals surface area (Å²) in [4.78, 5) is 4.68. The van der Waals surface area contributed by atoms with Crippen molar-refractivity contribution >= 4 is 0 Å². The summed E-state index contributed by atoms with van der Waals surface area (Å²) in [6.45, 7) is 5.83. The summed E-state index contributed by atoms with van der Waals surface area (Å²) in [6.07, 6.45) is 0.448. The van der Waals surface area contributed by atoms with E-state index < -0.39 is 0 Å². The van der Waals surface area contributed by atoms with Crippen LogP contribution in [0.1, 0.15) is 0 Å². The first-order chi connectivity index (χ1) is 9.93. The van der Waals surface area contributed by atoms with Gasteiger partial charge in [0.25, 0.3) is 0 Å².